The molecule has 1 nitrogen and oxygen atoms in total. The molecule has 0 amide bonds. The molecule has 0 aromatic heterocycles. The molecular formula is C20H18OP+. The first kappa shape index (κ1) is 14.7. The van der Waals surface area contributed by atoms with Crippen molar-refractivity contribution in [3.63, 3.8) is 0 Å². The van der Waals surface area contributed by atoms with E-state index in [-0.39, 0.29) is 5.52 Å². The van der Waals surface area contributed by atoms with Crippen molar-refractivity contribution in [2.75, 3.05) is 6.66 Å². The summed E-state index contributed by atoms with van der Waals surface area (Å²) in [4.78, 5) is 13.3. The minimum Gasteiger partial charge on any atom is -0.246 e. The lowest BCUT2D eigenvalue weighted by molar-refractivity contribution is 0.108. The summed E-state index contributed by atoms with van der Waals surface area (Å²) in [6.07, 6.45) is 0. The van der Waals surface area contributed by atoms with Crippen LogP contribution in [0.5, 0.6) is 0 Å². The van der Waals surface area contributed by atoms with Crippen LogP contribution in [0.1, 0.15) is 10.4 Å². The van der Waals surface area contributed by atoms with Crippen LogP contribution >= 0.6 is 7.26 Å². The first-order valence-corrected chi connectivity index (χ1v) is 9.54. The summed E-state index contributed by atoms with van der Waals surface area (Å²) in [6, 6.07) is 29.9. The molecule has 3 aromatic carbocycles. The predicted molar refractivity (Wildman–Crippen MR) is 95.8 cm³/mol. The highest BCUT2D eigenvalue weighted by Gasteiger charge is 2.46. The molecule has 0 saturated heterocycles. The molecule has 108 valence electrons. The standard InChI is InChI=1S/C20H18OP/c1-22(18-13-7-3-8-14-18,19-15-9-4-10-16-19)20(21)17-11-5-2-6-12-17/h2-16H,1H3/q+1. The summed E-state index contributed by atoms with van der Waals surface area (Å²) >= 11 is 0. The zero-order valence-electron chi connectivity index (χ0n) is 12.5. The van der Waals surface area contributed by atoms with Crippen LogP contribution in [0.2, 0.25) is 0 Å². The van der Waals surface area contributed by atoms with Crippen LogP contribution in [0.4, 0.5) is 0 Å². The molecule has 0 bridgehead atoms. The van der Waals surface area contributed by atoms with Gasteiger partial charge in [0.25, 0.3) is 0 Å². The Hall–Kier alpha value is -2.24. The number of hydrogen-bond donors (Lipinski definition) is 0. The Balaban J connectivity index is 2.18. The Bertz CT molecular complexity index is 712. The van der Waals surface area contributed by atoms with Gasteiger partial charge in [0.15, 0.2) is 7.26 Å². The monoisotopic (exact) mass is 305 g/mol. The van der Waals surface area contributed by atoms with E-state index < -0.39 is 7.26 Å². The average Bonchev–Trinajstić information content (AvgIpc) is 2.62. The van der Waals surface area contributed by atoms with Crippen LogP contribution in [0.25, 0.3) is 0 Å². The van der Waals surface area contributed by atoms with Crippen molar-refractivity contribution in [3.05, 3.63) is 96.6 Å². The van der Waals surface area contributed by atoms with E-state index in [0.717, 1.165) is 16.2 Å². The Morgan fingerprint density at radius 1 is 0.636 bits per heavy atom. The second-order valence-corrected chi connectivity index (χ2v) is 8.80. The van der Waals surface area contributed by atoms with Gasteiger partial charge in [-0.1, -0.05) is 54.6 Å². The van der Waals surface area contributed by atoms with E-state index in [2.05, 4.69) is 30.9 Å². The Labute approximate surface area is 132 Å². The SMILES string of the molecule is C[P+](C(=O)c1ccccc1)(c1ccccc1)c1ccccc1. The lowest BCUT2D eigenvalue weighted by Crippen LogP contribution is -2.27. The maximum Gasteiger partial charge on any atom is 0.307 e. The highest BCUT2D eigenvalue weighted by Crippen LogP contribution is 2.55. The van der Waals surface area contributed by atoms with Crippen LogP contribution < -0.4 is 10.6 Å². The second-order valence-electron chi connectivity index (χ2n) is 5.35. The summed E-state index contributed by atoms with van der Waals surface area (Å²) in [7, 11) is -2.13. The van der Waals surface area contributed by atoms with Crippen LogP contribution in [0.15, 0.2) is 91.0 Å². The fourth-order valence-corrected chi connectivity index (χ4v) is 5.64. The average molecular weight is 305 g/mol. The van der Waals surface area contributed by atoms with E-state index in [1.807, 2.05) is 66.7 Å². The largest absolute Gasteiger partial charge is 0.307 e. The maximum absolute atomic E-state index is 13.3. The third-order valence-corrected chi connectivity index (χ3v) is 7.70. The van der Waals surface area contributed by atoms with Crippen molar-refractivity contribution in [1.82, 2.24) is 0 Å². The minimum atomic E-state index is -2.13. The molecule has 0 aliphatic rings. The molecule has 0 atom stereocenters. The van der Waals surface area contributed by atoms with Crippen molar-refractivity contribution < 1.29 is 4.79 Å². The highest BCUT2D eigenvalue weighted by molar-refractivity contribution is 8.02. The van der Waals surface area contributed by atoms with E-state index >= 15 is 0 Å². The summed E-state index contributed by atoms with van der Waals surface area (Å²) < 4.78 is 0. The quantitative estimate of drug-likeness (QED) is 0.663. The van der Waals surface area contributed by atoms with E-state index in [1.165, 1.54) is 0 Å². The Morgan fingerprint density at radius 3 is 1.41 bits per heavy atom. The normalized spacial score (nSPS) is 11.1. The number of carbonyl (C=O) groups excluding carboxylic acids is 1. The van der Waals surface area contributed by atoms with E-state index in [0.29, 0.717) is 0 Å². The van der Waals surface area contributed by atoms with Gasteiger partial charge in [-0.25, -0.2) is 4.79 Å². The highest BCUT2D eigenvalue weighted by atomic mass is 31.2. The Morgan fingerprint density at radius 2 is 1.00 bits per heavy atom. The fraction of sp³-hybridized carbons (Fsp3) is 0.0500. The lowest BCUT2D eigenvalue weighted by Gasteiger charge is -2.20. The van der Waals surface area contributed by atoms with Crippen molar-refractivity contribution >= 4 is 23.4 Å². The lowest BCUT2D eigenvalue weighted by atomic mass is 10.2. The van der Waals surface area contributed by atoms with Crippen LogP contribution in [-0.2, 0) is 0 Å². The zero-order valence-corrected chi connectivity index (χ0v) is 13.4. The maximum atomic E-state index is 13.3. The summed E-state index contributed by atoms with van der Waals surface area (Å²) in [5.41, 5.74) is 1.01. The van der Waals surface area contributed by atoms with Gasteiger partial charge in [-0.3, -0.25) is 0 Å². The predicted octanol–water partition coefficient (Wildman–Crippen LogP) is 4.13. The smallest absolute Gasteiger partial charge is 0.246 e. The Kier molecular flexibility index (Phi) is 4.18. The van der Waals surface area contributed by atoms with Crippen molar-refractivity contribution in [3.8, 4) is 0 Å². The third-order valence-electron chi connectivity index (χ3n) is 3.97. The topological polar surface area (TPSA) is 17.1 Å². The van der Waals surface area contributed by atoms with Crippen LogP contribution in [0.3, 0.4) is 0 Å². The summed E-state index contributed by atoms with van der Waals surface area (Å²) in [5, 5.41) is 2.24. The molecule has 0 spiro atoms. The molecule has 22 heavy (non-hydrogen) atoms. The van der Waals surface area contributed by atoms with Gasteiger partial charge in [-0.05, 0) is 36.4 Å². The molecule has 0 heterocycles. The molecule has 0 radical (unpaired) electrons. The molecule has 3 aromatic rings. The third kappa shape index (κ3) is 2.61. The van der Waals surface area contributed by atoms with Gasteiger partial charge in [0.2, 0.25) is 0 Å². The van der Waals surface area contributed by atoms with Crippen molar-refractivity contribution in [1.29, 1.82) is 0 Å². The molecule has 0 fully saturated rings. The molecule has 2 heteroatoms. The summed E-state index contributed by atoms with van der Waals surface area (Å²) in [6.45, 7) is 2.12. The molecular weight excluding hydrogens is 287 g/mol. The number of benzene rings is 3. The van der Waals surface area contributed by atoms with Gasteiger partial charge in [-0.2, -0.15) is 0 Å². The first-order chi connectivity index (χ1) is 10.7. The molecule has 0 N–H and O–H groups in total. The van der Waals surface area contributed by atoms with Crippen LogP contribution in [-0.4, -0.2) is 12.2 Å². The molecule has 0 saturated carbocycles. The second kappa shape index (κ2) is 6.25. The van der Waals surface area contributed by atoms with Crippen LogP contribution in [0, 0.1) is 0 Å². The van der Waals surface area contributed by atoms with E-state index in [4.69, 9.17) is 0 Å². The molecule has 0 aliphatic heterocycles. The van der Waals surface area contributed by atoms with E-state index in [1.54, 1.807) is 0 Å². The number of carbonyl (C=O) groups is 1. The van der Waals surface area contributed by atoms with E-state index in [9.17, 15) is 4.79 Å². The van der Waals surface area contributed by atoms with Gasteiger partial charge < -0.3 is 0 Å². The number of hydrogen-bond acceptors (Lipinski definition) is 1. The number of rotatable bonds is 4. The van der Waals surface area contributed by atoms with Gasteiger partial charge in [0.1, 0.15) is 10.6 Å². The van der Waals surface area contributed by atoms with Gasteiger partial charge in [-0.15, -0.1) is 0 Å². The zero-order chi connectivity index (χ0) is 15.4. The first-order valence-electron chi connectivity index (χ1n) is 7.30. The fourth-order valence-electron chi connectivity index (χ4n) is 2.67. The van der Waals surface area contributed by atoms with Gasteiger partial charge in [0.05, 0.1) is 12.2 Å². The summed E-state index contributed by atoms with van der Waals surface area (Å²) in [5.74, 6) is 0. The molecule has 0 aliphatic carbocycles. The van der Waals surface area contributed by atoms with Gasteiger partial charge >= 0.3 is 5.52 Å². The van der Waals surface area contributed by atoms with Crippen molar-refractivity contribution in [2.24, 2.45) is 0 Å². The molecule has 0 unspecified atom stereocenters. The van der Waals surface area contributed by atoms with Gasteiger partial charge in [0, 0.05) is 0 Å². The van der Waals surface area contributed by atoms with Crippen molar-refractivity contribution in [2.45, 2.75) is 0 Å². The molecule has 3 rings (SSSR count). The minimum absolute atomic E-state index is 0.227.